The van der Waals surface area contributed by atoms with Crippen molar-refractivity contribution in [1.82, 2.24) is 4.98 Å². The molecule has 0 saturated heterocycles. The largest absolute Gasteiger partial charge is 0.506 e. The number of aromatic hydroxyl groups is 1. The summed E-state index contributed by atoms with van der Waals surface area (Å²) in [4.78, 5) is 8.87. The van der Waals surface area contributed by atoms with Gasteiger partial charge in [0.05, 0.1) is 16.8 Å². The topological polar surface area (TPSA) is 58.6 Å². The van der Waals surface area contributed by atoms with Gasteiger partial charge in [-0.2, -0.15) is 4.98 Å². The standard InChI is InChI=1S/C13H10N2O2S/c1-8-7-17-13(15-8)14-6-11-12(16)9-4-2-3-5-10(9)18-11/h2-7,16H,1H3. The van der Waals surface area contributed by atoms with Crippen molar-refractivity contribution in [2.45, 2.75) is 6.92 Å². The summed E-state index contributed by atoms with van der Waals surface area (Å²) in [6.45, 7) is 1.83. The zero-order valence-electron chi connectivity index (χ0n) is 9.62. The fourth-order valence-electron chi connectivity index (χ4n) is 1.65. The molecule has 0 aliphatic carbocycles. The number of aromatic nitrogens is 1. The van der Waals surface area contributed by atoms with E-state index in [-0.39, 0.29) is 5.75 Å². The highest BCUT2D eigenvalue weighted by molar-refractivity contribution is 7.21. The van der Waals surface area contributed by atoms with E-state index < -0.39 is 0 Å². The Balaban J connectivity index is 2.00. The molecule has 0 atom stereocenters. The van der Waals surface area contributed by atoms with E-state index in [0.717, 1.165) is 15.8 Å². The molecule has 1 N–H and O–H groups in total. The van der Waals surface area contributed by atoms with E-state index >= 15 is 0 Å². The Morgan fingerprint density at radius 3 is 2.94 bits per heavy atom. The SMILES string of the molecule is Cc1coc(N=Cc2sc3ccccc3c2O)n1. The first-order valence-electron chi connectivity index (χ1n) is 5.41. The summed E-state index contributed by atoms with van der Waals surface area (Å²) in [5.74, 6) is 0.252. The Kier molecular flexibility index (Phi) is 2.60. The van der Waals surface area contributed by atoms with Crippen molar-refractivity contribution in [2.75, 3.05) is 0 Å². The number of hydrogen-bond acceptors (Lipinski definition) is 5. The van der Waals surface area contributed by atoms with E-state index in [1.165, 1.54) is 17.6 Å². The summed E-state index contributed by atoms with van der Waals surface area (Å²) >= 11 is 1.48. The van der Waals surface area contributed by atoms with Crippen molar-refractivity contribution in [3.63, 3.8) is 0 Å². The van der Waals surface area contributed by atoms with Gasteiger partial charge in [-0.05, 0) is 19.1 Å². The van der Waals surface area contributed by atoms with Crippen LogP contribution in [0, 0.1) is 6.92 Å². The van der Waals surface area contributed by atoms with Gasteiger partial charge in [0.2, 0.25) is 0 Å². The summed E-state index contributed by atoms with van der Waals surface area (Å²) in [6, 6.07) is 7.98. The van der Waals surface area contributed by atoms with Gasteiger partial charge < -0.3 is 9.52 Å². The van der Waals surface area contributed by atoms with Crippen LogP contribution in [0.15, 0.2) is 39.9 Å². The molecular weight excluding hydrogens is 248 g/mol. The fourth-order valence-corrected chi connectivity index (χ4v) is 2.62. The average molecular weight is 258 g/mol. The number of rotatable bonds is 2. The third-order valence-corrected chi connectivity index (χ3v) is 3.59. The molecule has 0 amide bonds. The predicted molar refractivity (Wildman–Crippen MR) is 72.0 cm³/mol. The van der Waals surface area contributed by atoms with Crippen molar-refractivity contribution in [2.24, 2.45) is 4.99 Å². The number of aryl methyl sites for hydroxylation is 1. The number of oxazole rings is 1. The lowest BCUT2D eigenvalue weighted by atomic mass is 10.2. The molecule has 3 aromatic rings. The van der Waals surface area contributed by atoms with Gasteiger partial charge in [0, 0.05) is 10.1 Å². The van der Waals surface area contributed by atoms with Crippen LogP contribution in [0.25, 0.3) is 10.1 Å². The molecule has 4 nitrogen and oxygen atoms in total. The minimum atomic E-state index is 0.252. The Morgan fingerprint density at radius 2 is 2.22 bits per heavy atom. The lowest BCUT2D eigenvalue weighted by Gasteiger charge is -1.89. The first kappa shape index (κ1) is 11.0. The van der Waals surface area contributed by atoms with E-state index in [1.807, 2.05) is 31.2 Å². The number of hydrogen-bond donors (Lipinski definition) is 1. The normalized spacial score (nSPS) is 11.6. The van der Waals surface area contributed by atoms with Crippen LogP contribution in [0.5, 0.6) is 5.75 Å². The second-order valence-electron chi connectivity index (χ2n) is 3.84. The number of benzene rings is 1. The van der Waals surface area contributed by atoms with E-state index in [1.54, 1.807) is 6.21 Å². The van der Waals surface area contributed by atoms with E-state index in [4.69, 9.17) is 4.42 Å². The van der Waals surface area contributed by atoms with Gasteiger partial charge in [-0.1, -0.05) is 12.1 Å². The molecule has 0 fully saturated rings. The van der Waals surface area contributed by atoms with Gasteiger partial charge in [-0.3, -0.25) is 0 Å². The highest BCUT2D eigenvalue weighted by Gasteiger charge is 2.08. The molecule has 18 heavy (non-hydrogen) atoms. The lowest BCUT2D eigenvalue weighted by molar-refractivity contribution is 0.483. The molecule has 0 radical (unpaired) electrons. The Hall–Kier alpha value is -2.14. The molecule has 0 saturated carbocycles. The van der Waals surface area contributed by atoms with Crippen molar-refractivity contribution in [3.8, 4) is 5.75 Å². The van der Waals surface area contributed by atoms with Crippen molar-refractivity contribution < 1.29 is 9.52 Å². The van der Waals surface area contributed by atoms with Gasteiger partial charge in [0.15, 0.2) is 0 Å². The highest BCUT2D eigenvalue weighted by Crippen LogP contribution is 2.35. The summed E-state index contributed by atoms with van der Waals surface area (Å²) < 4.78 is 6.14. The van der Waals surface area contributed by atoms with Crippen LogP contribution in [0.4, 0.5) is 6.01 Å². The quantitative estimate of drug-likeness (QED) is 0.714. The monoisotopic (exact) mass is 258 g/mol. The van der Waals surface area contributed by atoms with Gasteiger partial charge in [-0.25, -0.2) is 4.99 Å². The van der Waals surface area contributed by atoms with Crippen LogP contribution >= 0.6 is 11.3 Å². The van der Waals surface area contributed by atoms with Crippen LogP contribution in [0.2, 0.25) is 0 Å². The Labute approximate surface area is 107 Å². The van der Waals surface area contributed by atoms with Gasteiger partial charge in [0.1, 0.15) is 12.0 Å². The van der Waals surface area contributed by atoms with E-state index in [0.29, 0.717) is 10.9 Å². The van der Waals surface area contributed by atoms with E-state index in [9.17, 15) is 5.11 Å². The molecule has 2 heterocycles. The van der Waals surface area contributed by atoms with E-state index in [2.05, 4.69) is 9.98 Å². The number of fused-ring (bicyclic) bond motifs is 1. The summed E-state index contributed by atoms with van der Waals surface area (Å²) in [5, 5.41) is 10.9. The third kappa shape index (κ3) is 1.89. The molecule has 0 aliphatic heterocycles. The van der Waals surface area contributed by atoms with Gasteiger partial charge >= 0.3 is 6.01 Å². The predicted octanol–water partition coefficient (Wildman–Crippen LogP) is 3.65. The maximum Gasteiger partial charge on any atom is 0.321 e. The van der Waals surface area contributed by atoms with Crippen LogP contribution < -0.4 is 0 Å². The van der Waals surface area contributed by atoms with Gasteiger partial charge in [-0.15, -0.1) is 11.3 Å². The van der Waals surface area contributed by atoms with Crippen LogP contribution in [0.3, 0.4) is 0 Å². The molecule has 0 aliphatic rings. The molecule has 0 bridgehead atoms. The fraction of sp³-hybridized carbons (Fsp3) is 0.0769. The minimum absolute atomic E-state index is 0.252. The molecular formula is C13H10N2O2S. The zero-order valence-corrected chi connectivity index (χ0v) is 10.4. The number of thiophene rings is 1. The molecule has 5 heteroatoms. The Morgan fingerprint density at radius 1 is 1.39 bits per heavy atom. The number of nitrogens with zero attached hydrogens (tertiary/aromatic N) is 2. The number of aliphatic imine (C=N–C) groups is 1. The molecule has 2 aromatic heterocycles. The minimum Gasteiger partial charge on any atom is -0.506 e. The van der Waals surface area contributed by atoms with Crippen molar-refractivity contribution in [3.05, 3.63) is 41.1 Å². The van der Waals surface area contributed by atoms with Crippen molar-refractivity contribution >= 4 is 33.7 Å². The summed E-state index contributed by atoms with van der Waals surface area (Å²) in [7, 11) is 0. The molecule has 0 unspecified atom stereocenters. The maximum atomic E-state index is 10.0. The second-order valence-corrected chi connectivity index (χ2v) is 4.92. The van der Waals surface area contributed by atoms with Crippen LogP contribution in [-0.2, 0) is 0 Å². The second kappa shape index (κ2) is 4.27. The Bertz CT molecular complexity index is 728. The third-order valence-electron chi connectivity index (χ3n) is 2.49. The van der Waals surface area contributed by atoms with Gasteiger partial charge in [0.25, 0.3) is 0 Å². The average Bonchev–Trinajstić information content (AvgIpc) is 2.92. The van der Waals surface area contributed by atoms with Crippen LogP contribution in [-0.4, -0.2) is 16.3 Å². The highest BCUT2D eigenvalue weighted by atomic mass is 32.1. The summed E-state index contributed by atoms with van der Waals surface area (Å²) in [5.41, 5.74) is 0.780. The van der Waals surface area contributed by atoms with Crippen molar-refractivity contribution in [1.29, 1.82) is 0 Å². The smallest absolute Gasteiger partial charge is 0.321 e. The molecule has 3 rings (SSSR count). The summed E-state index contributed by atoms with van der Waals surface area (Å²) in [6.07, 6.45) is 3.11. The molecule has 0 spiro atoms. The first-order valence-corrected chi connectivity index (χ1v) is 6.22. The lowest BCUT2D eigenvalue weighted by Crippen LogP contribution is -1.74. The first-order chi connectivity index (χ1) is 8.74. The zero-order chi connectivity index (χ0) is 12.5. The molecule has 90 valence electrons. The molecule has 1 aromatic carbocycles. The van der Waals surface area contributed by atoms with Crippen LogP contribution in [0.1, 0.15) is 10.6 Å². The maximum absolute atomic E-state index is 10.0.